The van der Waals surface area contributed by atoms with Gasteiger partial charge in [-0.15, -0.1) is 0 Å². The molecule has 0 saturated carbocycles. The van der Waals surface area contributed by atoms with Crippen molar-refractivity contribution in [3.8, 4) is 0 Å². The average molecular weight is 321 g/mol. The van der Waals surface area contributed by atoms with Crippen molar-refractivity contribution in [2.45, 2.75) is 6.04 Å². The predicted molar refractivity (Wildman–Crippen MR) is 82.3 cm³/mol. The zero-order valence-electron chi connectivity index (χ0n) is 13.2. The summed E-state index contributed by atoms with van der Waals surface area (Å²) in [5, 5.41) is 2.86. The number of nitrogens with one attached hydrogen (secondary N) is 1. The SMILES string of the molecule is COCCOCC(=O)NC(c1ccc(F)cc1)c1nccn1C. The van der Waals surface area contributed by atoms with Gasteiger partial charge in [-0.2, -0.15) is 0 Å². The van der Waals surface area contributed by atoms with Crippen molar-refractivity contribution >= 4 is 5.91 Å². The van der Waals surface area contributed by atoms with E-state index in [9.17, 15) is 9.18 Å². The van der Waals surface area contributed by atoms with E-state index in [1.807, 2.05) is 7.05 Å². The van der Waals surface area contributed by atoms with Gasteiger partial charge in [0.25, 0.3) is 0 Å². The van der Waals surface area contributed by atoms with Crippen molar-refractivity contribution in [1.29, 1.82) is 0 Å². The Hall–Kier alpha value is -2.25. The van der Waals surface area contributed by atoms with Crippen LogP contribution in [-0.2, 0) is 21.3 Å². The van der Waals surface area contributed by atoms with E-state index in [4.69, 9.17) is 9.47 Å². The Morgan fingerprint density at radius 3 is 2.70 bits per heavy atom. The number of carbonyl (C=O) groups excluding carboxylic acids is 1. The van der Waals surface area contributed by atoms with Crippen molar-refractivity contribution in [3.05, 3.63) is 53.9 Å². The Morgan fingerprint density at radius 1 is 1.35 bits per heavy atom. The molecule has 1 aromatic heterocycles. The molecule has 0 aliphatic carbocycles. The summed E-state index contributed by atoms with van der Waals surface area (Å²) in [5.74, 6) is 0.0434. The molecule has 6 nitrogen and oxygen atoms in total. The number of imidazole rings is 1. The van der Waals surface area contributed by atoms with Gasteiger partial charge in [-0.1, -0.05) is 12.1 Å². The quantitative estimate of drug-likeness (QED) is 0.747. The lowest BCUT2D eigenvalue weighted by atomic mass is 10.1. The Labute approximate surface area is 134 Å². The van der Waals surface area contributed by atoms with Crippen molar-refractivity contribution < 1.29 is 18.7 Å². The number of rotatable bonds is 8. The first-order valence-corrected chi connectivity index (χ1v) is 7.20. The van der Waals surface area contributed by atoms with Crippen LogP contribution in [0.1, 0.15) is 17.4 Å². The summed E-state index contributed by atoms with van der Waals surface area (Å²) in [7, 11) is 3.40. The molecule has 0 spiro atoms. The number of aromatic nitrogens is 2. The van der Waals surface area contributed by atoms with Crippen LogP contribution in [0.15, 0.2) is 36.7 Å². The van der Waals surface area contributed by atoms with Gasteiger partial charge in [-0.3, -0.25) is 4.79 Å². The lowest BCUT2D eigenvalue weighted by Crippen LogP contribution is -2.34. The summed E-state index contributed by atoms with van der Waals surface area (Å²) in [5.41, 5.74) is 0.742. The molecule has 1 unspecified atom stereocenters. The third kappa shape index (κ3) is 4.87. The van der Waals surface area contributed by atoms with Gasteiger partial charge in [0.05, 0.1) is 13.2 Å². The Kier molecular flexibility index (Phi) is 6.25. The predicted octanol–water partition coefficient (Wildman–Crippen LogP) is 1.43. The largest absolute Gasteiger partial charge is 0.382 e. The molecule has 2 rings (SSSR count). The average Bonchev–Trinajstić information content (AvgIpc) is 2.96. The molecule has 0 bridgehead atoms. The summed E-state index contributed by atoms with van der Waals surface area (Å²) < 4.78 is 25.0. The molecule has 7 heteroatoms. The van der Waals surface area contributed by atoms with E-state index in [2.05, 4.69) is 10.3 Å². The highest BCUT2D eigenvalue weighted by Gasteiger charge is 2.20. The van der Waals surface area contributed by atoms with Crippen LogP contribution < -0.4 is 5.32 Å². The molecule has 1 amide bonds. The molecule has 1 N–H and O–H groups in total. The molecule has 0 aliphatic heterocycles. The van der Waals surface area contributed by atoms with Crippen molar-refractivity contribution in [2.24, 2.45) is 7.05 Å². The monoisotopic (exact) mass is 321 g/mol. The Bertz CT molecular complexity index is 628. The van der Waals surface area contributed by atoms with Gasteiger partial charge in [0.2, 0.25) is 5.91 Å². The van der Waals surface area contributed by atoms with E-state index < -0.39 is 6.04 Å². The minimum Gasteiger partial charge on any atom is -0.382 e. The topological polar surface area (TPSA) is 65.4 Å². The van der Waals surface area contributed by atoms with Crippen LogP contribution in [0.4, 0.5) is 4.39 Å². The second-order valence-corrected chi connectivity index (χ2v) is 4.99. The van der Waals surface area contributed by atoms with Crippen LogP contribution in [0.5, 0.6) is 0 Å². The number of nitrogens with zero attached hydrogens (tertiary/aromatic N) is 2. The van der Waals surface area contributed by atoms with Gasteiger partial charge < -0.3 is 19.4 Å². The van der Waals surface area contributed by atoms with Gasteiger partial charge in [-0.25, -0.2) is 9.37 Å². The van der Waals surface area contributed by atoms with Crippen LogP contribution in [0.3, 0.4) is 0 Å². The first kappa shape index (κ1) is 17.1. The first-order chi connectivity index (χ1) is 11.1. The highest BCUT2D eigenvalue weighted by molar-refractivity contribution is 5.78. The minimum absolute atomic E-state index is 0.0779. The van der Waals surface area contributed by atoms with Gasteiger partial charge in [0.1, 0.15) is 24.3 Å². The lowest BCUT2D eigenvalue weighted by molar-refractivity contribution is -0.126. The molecule has 1 atom stereocenters. The number of methoxy groups -OCH3 is 1. The molecular formula is C16H20FN3O3. The second kappa shape index (κ2) is 8.40. The van der Waals surface area contributed by atoms with Gasteiger partial charge in [-0.05, 0) is 17.7 Å². The van der Waals surface area contributed by atoms with E-state index in [0.29, 0.717) is 19.0 Å². The zero-order valence-corrected chi connectivity index (χ0v) is 13.2. The number of ether oxygens (including phenoxy) is 2. The summed E-state index contributed by atoms with van der Waals surface area (Å²) in [4.78, 5) is 16.3. The number of hydrogen-bond donors (Lipinski definition) is 1. The van der Waals surface area contributed by atoms with Crippen LogP contribution in [-0.4, -0.2) is 42.4 Å². The third-order valence-electron chi connectivity index (χ3n) is 3.29. The van der Waals surface area contributed by atoms with E-state index in [-0.39, 0.29) is 18.3 Å². The van der Waals surface area contributed by atoms with Crippen molar-refractivity contribution in [3.63, 3.8) is 0 Å². The van der Waals surface area contributed by atoms with E-state index in [1.165, 1.54) is 12.1 Å². The standard InChI is InChI=1S/C16H20FN3O3/c1-20-8-7-18-16(20)15(12-3-5-13(17)6-4-12)19-14(21)11-23-10-9-22-2/h3-8,15H,9-11H2,1-2H3,(H,19,21). The molecule has 124 valence electrons. The molecule has 1 aromatic carbocycles. The molecule has 0 radical (unpaired) electrons. The smallest absolute Gasteiger partial charge is 0.246 e. The van der Waals surface area contributed by atoms with Gasteiger partial charge in [0.15, 0.2) is 0 Å². The summed E-state index contributed by atoms with van der Waals surface area (Å²) in [6, 6.07) is 5.48. The van der Waals surface area contributed by atoms with E-state index in [0.717, 1.165) is 5.56 Å². The van der Waals surface area contributed by atoms with Crippen LogP contribution in [0, 0.1) is 5.82 Å². The third-order valence-corrected chi connectivity index (χ3v) is 3.29. The molecule has 0 saturated heterocycles. The van der Waals surface area contributed by atoms with E-state index >= 15 is 0 Å². The van der Waals surface area contributed by atoms with Crippen LogP contribution in [0.25, 0.3) is 0 Å². The summed E-state index contributed by atoms with van der Waals surface area (Å²) >= 11 is 0. The maximum Gasteiger partial charge on any atom is 0.246 e. The molecule has 0 aliphatic rings. The molecule has 23 heavy (non-hydrogen) atoms. The number of aryl methyl sites for hydroxylation is 1. The maximum absolute atomic E-state index is 13.1. The fourth-order valence-electron chi connectivity index (χ4n) is 2.12. The fourth-order valence-corrected chi connectivity index (χ4v) is 2.12. The molecular weight excluding hydrogens is 301 g/mol. The lowest BCUT2D eigenvalue weighted by Gasteiger charge is -2.19. The minimum atomic E-state index is -0.478. The number of benzene rings is 1. The first-order valence-electron chi connectivity index (χ1n) is 7.20. The maximum atomic E-state index is 13.1. The molecule has 0 fully saturated rings. The van der Waals surface area contributed by atoms with E-state index in [1.54, 1.807) is 36.2 Å². The number of halogens is 1. The molecule has 2 aromatic rings. The summed E-state index contributed by atoms with van der Waals surface area (Å²) in [6.07, 6.45) is 3.43. The van der Waals surface area contributed by atoms with Crippen LogP contribution >= 0.6 is 0 Å². The summed E-state index contributed by atoms with van der Waals surface area (Å²) in [6.45, 7) is 0.688. The van der Waals surface area contributed by atoms with Crippen LogP contribution in [0.2, 0.25) is 0 Å². The number of hydrogen-bond acceptors (Lipinski definition) is 4. The highest BCUT2D eigenvalue weighted by atomic mass is 19.1. The van der Waals surface area contributed by atoms with Gasteiger partial charge >= 0.3 is 0 Å². The second-order valence-electron chi connectivity index (χ2n) is 4.99. The fraction of sp³-hybridized carbons (Fsp3) is 0.375. The Morgan fingerprint density at radius 2 is 2.09 bits per heavy atom. The normalized spacial score (nSPS) is 12.1. The highest BCUT2D eigenvalue weighted by Crippen LogP contribution is 2.20. The van der Waals surface area contributed by atoms with Crippen molar-refractivity contribution in [1.82, 2.24) is 14.9 Å². The Balaban J connectivity index is 2.10. The number of carbonyl (C=O) groups is 1. The molecule has 1 heterocycles. The van der Waals surface area contributed by atoms with Crippen molar-refractivity contribution in [2.75, 3.05) is 26.9 Å². The number of amides is 1. The van der Waals surface area contributed by atoms with Gasteiger partial charge in [0, 0.05) is 26.6 Å². The zero-order chi connectivity index (χ0) is 16.7.